The monoisotopic (exact) mass is 248 g/mol. The van der Waals surface area contributed by atoms with E-state index in [0.29, 0.717) is 25.6 Å². The number of ether oxygens (including phenoxy) is 2. The molecule has 0 radical (unpaired) electrons. The number of carbonyl (C=O) groups is 1. The van der Waals surface area contributed by atoms with Gasteiger partial charge < -0.3 is 13.9 Å². The van der Waals surface area contributed by atoms with Gasteiger partial charge in [0, 0.05) is 12.0 Å². The molecule has 1 aromatic carbocycles. The van der Waals surface area contributed by atoms with Crippen molar-refractivity contribution in [3.8, 4) is 0 Å². The molecule has 4 heteroatoms. The number of benzene rings is 1. The number of hydrogen-bond acceptors (Lipinski definition) is 4. The summed E-state index contributed by atoms with van der Waals surface area (Å²) < 4.78 is 15.8. The lowest BCUT2D eigenvalue weighted by atomic mass is 10.2. The summed E-state index contributed by atoms with van der Waals surface area (Å²) in [6.07, 6.45) is 0. The van der Waals surface area contributed by atoms with Crippen LogP contribution >= 0.6 is 0 Å². The van der Waals surface area contributed by atoms with Gasteiger partial charge in [0.2, 0.25) is 5.78 Å². The summed E-state index contributed by atoms with van der Waals surface area (Å²) in [6.45, 7) is 3.51. The molecule has 1 aromatic heterocycles. The summed E-state index contributed by atoms with van der Waals surface area (Å²) in [5, 5.41) is 0.926. The van der Waals surface area contributed by atoms with Crippen LogP contribution in [0.4, 0.5) is 0 Å². The fraction of sp³-hybridized carbons (Fsp3) is 0.357. The van der Waals surface area contributed by atoms with Gasteiger partial charge in [0.25, 0.3) is 0 Å². The average Bonchev–Trinajstić information content (AvgIpc) is 2.82. The van der Waals surface area contributed by atoms with Crippen molar-refractivity contribution in [1.82, 2.24) is 0 Å². The molecule has 0 aliphatic heterocycles. The van der Waals surface area contributed by atoms with Crippen molar-refractivity contribution in [2.45, 2.75) is 6.92 Å². The number of Topliss-reactive ketones (excluding diaryl/α,β-unsaturated/α-hetero) is 1. The van der Waals surface area contributed by atoms with E-state index in [1.54, 1.807) is 6.07 Å². The Morgan fingerprint density at radius 1 is 1.22 bits per heavy atom. The molecule has 2 rings (SSSR count). The normalized spacial score (nSPS) is 10.9. The SMILES string of the molecule is CCOCCOCC(=O)c1cc2ccccc2o1. The largest absolute Gasteiger partial charge is 0.453 e. The predicted octanol–water partition coefficient (Wildman–Crippen LogP) is 2.67. The number of furan rings is 1. The van der Waals surface area contributed by atoms with Crippen LogP contribution in [0, 0.1) is 0 Å². The predicted molar refractivity (Wildman–Crippen MR) is 67.9 cm³/mol. The third-order valence-electron chi connectivity index (χ3n) is 2.51. The van der Waals surface area contributed by atoms with Crippen LogP contribution < -0.4 is 0 Å². The van der Waals surface area contributed by atoms with Crippen LogP contribution in [0.2, 0.25) is 0 Å². The molecular formula is C14H16O4. The second-order valence-electron chi connectivity index (χ2n) is 3.82. The van der Waals surface area contributed by atoms with Crippen LogP contribution in [0.15, 0.2) is 34.7 Å². The van der Waals surface area contributed by atoms with Crippen LogP contribution in [-0.2, 0) is 9.47 Å². The number of para-hydroxylation sites is 1. The first-order valence-electron chi connectivity index (χ1n) is 5.98. The van der Waals surface area contributed by atoms with Gasteiger partial charge in [-0.1, -0.05) is 18.2 Å². The molecule has 4 nitrogen and oxygen atoms in total. The molecule has 0 saturated carbocycles. The van der Waals surface area contributed by atoms with E-state index in [1.165, 1.54) is 0 Å². The van der Waals surface area contributed by atoms with E-state index < -0.39 is 0 Å². The van der Waals surface area contributed by atoms with Gasteiger partial charge in [-0.25, -0.2) is 0 Å². The summed E-state index contributed by atoms with van der Waals surface area (Å²) in [5.74, 6) is 0.190. The van der Waals surface area contributed by atoms with Gasteiger partial charge in [-0.2, -0.15) is 0 Å². The molecule has 0 spiro atoms. The third kappa shape index (κ3) is 3.18. The minimum absolute atomic E-state index is 0.0207. The number of fused-ring (bicyclic) bond motifs is 1. The van der Waals surface area contributed by atoms with Gasteiger partial charge in [-0.3, -0.25) is 4.79 Å². The van der Waals surface area contributed by atoms with Crippen LogP contribution in [-0.4, -0.2) is 32.2 Å². The van der Waals surface area contributed by atoms with Crippen molar-refractivity contribution < 1.29 is 18.7 Å². The van der Waals surface area contributed by atoms with Gasteiger partial charge in [-0.05, 0) is 19.1 Å². The van der Waals surface area contributed by atoms with Crippen LogP contribution in [0.3, 0.4) is 0 Å². The van der Waals surface area contributed by atoms with Crippen molar-refractivity contribution in [3.63, 3.8) is 0 Å². The molecule has 0 amide bonds. The van der Waals surface area contributed by atoms with E-state index >= 15 is 0 Å². The first-order valence-corrected chi connectivity index (χ1v) is 5.98. The van der Waals surface area contributed by atoms with E-state index in [0.717, 1.165) is 11.0 Å². The standard InChI is InChI=1S/C14H16O4/c1-2-16-7-8-17-10-12(15)14-9-11-5-3-4-6-13(11)18-14/h3-6,9H,2,7-8,10H2,1H3. The Labute approximate surface area is 105 Å². The quantitative estimate of drug-likeness (QED) is 0.558. The zero-order valence-corrected chi connectivity index (χ0v) is 10.3. The smallest absolute Gasteiger partial charge is 0.223 e. The number of rotatable bonds is 7. The zero-order chi connectivity index (χ0) is 12.8. The first-order chi connectivity index (χ1) is 8.81. The molecule has 18 heavy (non-hydrogen) atoms. The Balaban J connectivity index is 1.88. The Morgan fingerprint density at radius 3 is 2.78 bits per heavy atom. The minimum atomic E-state index is -0.150. The number of carbonyl (C=O) groups excluding carboxylic acids is 1. The molecule has 0 fully saturated rings. The lowest BCUT2D eigenvalue weighted by Crippen LogP contribution is -2.12. The van der Waals surface area contributed by atoms with E-state index in [9.17, 15) is 4.79 Å². The van der Waals surface area contributed by atoms with Gasteiger partial charge in [-0.15, -0.1) is 0 Å². The molecule has 0 bridgehead atoms. The van der Waals surface area contributed by atoms with Gasteiger partial charge >= 0.3 is 0 Å². The summed E-state index contributed by atoms with van der Waals surface area (Å²) >= 11 is 0. The van der Waals surface area contributed by atoms with Gasteiger partial charge in [0.05, 0.1) is 13.2 Å². The topological polar surface area (TPSA) is 48.7 Å². The average molecular weight is 248 g/mol. The Hall–Kier alpha value is -1.65. The second-order valence-corrected chi connectivity index (χ2v) is 3.82. The van der Waals surface area contributed by atoms with Crippen molar-refractivity contribution in [3.05, 3.63) is 36.1 Å². The number of ketones is 1. The molecule has 0 aliphatic rings. The van der Waals surface area contributed by atoms with E-state index in [-0.39, 0.29) is 12.4 Å². The fourth-order valence-corrected chi connectivity index (χ4v) is 1.62. The Bertz CT molecular complexity index is 482. The van der Waals surface area contributed by atoms with Gasteiger partial charge in [0.1, 0.15) is 12.2 Å². The van der Waals surface area contributed by atoms with Crippen LogP contribution in [0.5, 0.6) is 0 Å². The summed E-state index contributed by atoms with van der Waals surface area (Å²) in [4.78, 5) is 11.8. The fourth-order valence-electron chi connectivity index (χ4n) is 1.62. The maximum Gasteiger partial charge on any atom is 0.223 e. The maximum atomic E-state index is 11.8. The summed E-state index contributed by atoms with van der Waals surface area (Å²) in [6, 6.07) is 9.26. The zero-order valence-electron chi connectivity index (χ0n) is 10.3. The van der Waals surface area contributed by atoms with E-state index in [2.05, 4.69) is 0 Å². The molecule has 0 aliphatic carbocycles. The maximum absolute atomic E-state index is 11.8. The molecular weight excluding hydrogens is 232 g/mol. The molecule has 1 heterocycles. The molecule has 2 aromatic rings. The van der Waals surface area contributed by atoms with Gasteiger partial charge in [0.15, 0.2) is 5.76 Å². The highest BCUT2D eigenvalue weighted by atomic mass is 16.5. The number of hydrogen-bond donors (Lipinski definition) is 0. The van der Waals surface area contributed by atoms with Crippen LogP contribution in [0.1, 0.15) is 17.5 Å². The van der Waals surface area contributed by atoms with Crippen molar-refractivity contribution in [2.24, 2.45) is 0 Å². The third-order valence-corrected chi connectivity index (χ3v) is 2.51. The van der Waals surface area contributed by atoms with Crippen molar-refractivity contribution in [1.29, 1.82) is 0 Å². The summed E-state index contributed by atoms with van der Waals surface area (Å²) in [7, 11) is 0. The van der Waals surface area contributed by atoms with E-state index in [1.807, 2.05) is 31.2 Å². The molecule has 0 atom stereocenters. The van der Waals surface area contributed by atoms with Crippen molar-refractivity contribution in [2.75, 3.05) is 26.4 Å². The summed E-state index contributed by atoms with van der Waals surface area (Å²) in [5.41, 5.74) is 0.718. The minimum Gasteiger partial charge on any atom is -0.453 e. The van der Waals surface area contributed by atoms with Crippen LogP contribution in [0.25, 0.3) is 11.0 Å². The lowest BCUT2D eigenvalue weighted by molar-refractivity contribution is 0.0462. The highest BCUT2D eigenvalue weighted by Gasteiger charge is 2.11. The Kier molecular flexibility index (Phi) is 4.50. The lowest BCUT2D eigenvalue weighted by Gasteiger charge is -2.02. The highest BCUT2D eigenvalue weighted by Crippen LogP contribution is 2.19. The molecule has 96 valence electrons. The first kappa shape index (κ1) is 12.8. The Morgan fingerprint density at radius 2 is 2.00 bits per heavy atom. The van der Waals surface area contributed by atoms with Crippen molar-refractivity contribution >= 4 is 16.8 Å². The molecule has 0 N–H and O–H groups in total. The molecule has 0 saturated heterocycles. The molecule has 0 unspecified atom stereocenters. The van der Waals surface area contributed by atoms with E-state index in [4.69, 9.17) is 13.9 Å². The highest BCUT2D eigenvalue weighted by molar-refractivity contribution is 5.98. The second kappa shape index (κ2) is 6.33.